The molecule has 0 aliphatic rings. The highest BCUT2D eigenvalue weighted by molar-refractivity contribution is 5.78. The van der Waals surface area contributed by atoms with Crippen molar-refractivity contribution >= 4 is 17.0 Å². The van der Waals surface area contributed by atoms with E-state index in [2.05, 4.69) is 26.5 Å². The maximum absolute atomic E-state index is 5.82. The first-order chi connectivity index (χ1) is 7.04. The average Bonchev–Trinajstić information content (AvgIpc) is 2.66. The molecule has 0 amide bonds. The minimum Gasteiger partial charge on any atom is -0.380 e. The lowest BCUT2D eigenvalue weighted by Crippen LogP contribution is -2.19. The number of nitrogens with two attached hydrogens (primary N) is 1. The number of hydrogen-bond donors (Lipinski definition) is 2. The second kappa shape index (κ2) is 3.05. The first-order valence-corrected chi connectivity index (χ1v) is 4.71. The summed E-state index contributed by atoms with van der Waals surface area (Å²) in [6.07, 6.45) is 3.49. The van der Waals surface area contributed by atoms with E-state index in [4.69, 9.17) is 5.73 Å². The van der Waals surface area contributed by atoms with E-state index in [1.54, 1.807) is 12.4 Å². The van der Waals surface area contributed by atoms with Gasteiger partial charge in [-0.15, -0.1) is 6.58 Å². The smallest absolute Gasteiger partial charge is 0.305 e. The number of aromatic amines is 2. The molecule has 2 heterocycles. The van der Waals surface area contributed by atoms with Gasteiger partial charge in [0.15, 0.2) is 12.1 Å². The van der Waals surface area contributed by atoms with E-state index in [1.165, 1.54) is 0 Å². The molecule has 0 saturated heterocycles. The molecule has 0 aliphatic carbocycles. The Morgan fingerprint density at radius 2 is 2.27 bits per heavy atom. The van der Waals surface area contributed by atoms with Gasteiger partial charge in [-0.3, -0.25) is 4.98 Å². The van der Waals surface area contributed by atoms with E-state index in [1.807, 2.05) is 13.8 Å². The SMILES string of the molecule is C=CC(C)(C)c1nc(N)c2[nH]c[nH+]c2n1. The third kappa shape index (κ3) is 1.45. The highest BCUT2D eigenvalue weighted by Gasteiger charge is 2.25. The van der Waals surface area contributed by atoms with Crippen LogP contribution in [0.5, 0.6) is 0 Å². The molecule has 2 rings (SSSR count). The molecule has 0 atom stereocenters. The van der Waals surface area contributed by atoms with Crippen LogP contribution in [0.15, 0.2) is 19.0 Å². The summed E-state index contributed by atoms with van der Waals surface area (Å²) in [7, 11) is 0. The number of H-pyrrole nitrogens is 2. The van der Waals surface area contributed by atoms with E-state index in [9.17, 15) is 0 Å². The van der Waals surface area contributed by atoms with Gasteiger partial charge in [0.25, 0.3) is 0 Å². The van der Waals surface area contributed by atoms with Crippen molar-refractivity contribution in [3.63, 3.8) is 0 Å². The van der Waals surface area contributed by atoms with Crippen LogP contribution in [0, 0.1) is 0 Å². The van der Waals surface area contributed by atoms with Gasteiger partial charge in [-0.25, -0.2) is 4.98 Å². The summed E-state index contributed by atoms with van der Waals surface area (Å²) in [4.78, 5) is 14.6. The molecule has 0 bridgehead atoms. The van der Waals surface area contributed by atoms with Crippen molar-refractivity contribution in [1.82, 2.24) is 15.0 Å². The first-order valence-electron chi connectivity index (χ1n) is 4.71. The van der Waals surface area contributed by atoms with Crippen molar-refractivity contribution in [2.24, 2.45) is 0 Å². The summed E-state index contributed by atoms with van der Waals surface area (Å²) in [6.45, 7) is 7.75. The normalized spacial score (nSPS) is 11.9. The second-order valence-electron chi connectivity index (χ2n) is 4.01. The van der Waals surface area contributed by atoms with Gasteiger partial charge in [0.2, 0.25) is 11.3 Å². The molecule has 0 spiro atoms. The molecule has 0 aliphatic heterocycles. The Labute approximate surface area is 87.5 Å². The van der Waals surface area contributed by atoms with Crippen LogP contribution in [-0.2, 0) is 5.41 Å². The summed E-state index contributed by atoms with van der Waals surface area (Å²) in [5, 5.41) is 0. The largest absolute Gasteiger partial charge is 0.380 e. The third-order valence-electron chi connectivity index (χ3n) is 2.45. The van der Waals surface area contributed by atoms with Crippen LogP contribution >= 0.6 is 0 Å². The first kappa shape index (κ1) is 9.64. The Morgan fingerprint density at radius 3 is 2.93 bits per heavy atom. The second-order valence-corrected chi connectivity index (χ2v) is 4.01. The number of allylic oxidation sites excluding steroid dienone is 1. The lowest BCUT2D eigenvalue weighted by Gasteiger charge is -2.14. The highest BCUT2D eigenvalue weighted by Crippen LogP contribution is 2.23. The molecule has 2 aromatic heterocycles. The Bertz CT molecular complexity index is 512. The molecule has 5 heteroatoms. The van der Waals surface area contributed by atoms with Crippen molar-refractivity contribution in [1.29, 1.82) is 0 Å². The molecular weight excluding hydrogens is 190 g/mol. The lowest BCUT2D eigenvalue weighted by molar-refractivity contribution is -0.347. The molecule has 15 heavy (non-hydrogen) atoms. The van der Waals surface area contributed by atoms with Crippen molar-refractivity contribution in [3.05, 3.63) is 24.8 Å². The number of anilines is 1. The molecule has 0 aromatic carbocycles. The molecule has 0 fully saturated rings. The van der Waals surface area contributed by atoms with Gasteiger partial charge < -0.3 is 5.73 Å². The molecule has 0 radical (unpaired) electrons. The number of imidazole rings is 1. The van der Waals surface area contributed by atoms with Gasteiger partial charge >= 0.3 is 5.65 Å². The summed E-state index contributed by atoms with van der Waals surface area (Å²) in [5.74, 6) is 1.12. The predicted octanol–water partition coefficient (Wildman–Crippen LogP) is 0.818. The maximum atomic E-state index is 5.82. The number of fused-ring (bicyclic) bond motifs is 1. The number of hydrogen-bond acceptors (Lipinski definition) is 3. The number of nitrogen functional groups attached to an aromatic ring is 1. The van der Waals surface area contributed by atoms with Crippen LogP contribution in [0.3, 0.4) is 0 Å². The molecular formula is C10H14N5+. The molecule has 2 aromatic rings. The van der Waals surface area contributed by atoms with Crippen LogP contribution in [-0.4, -0.2) is 15.0 Å². The summed E-state index contributed by atoms with van der Waals surface area (Å²) in [6, 6.07) is 0. The fraction of sp³-hybridized carbons (Fsp3) is 0.300. The third-order valence-corrected chi connectivity index (χ3v) is 2.45. The van der Waals surface area contributed by atoms with Crippen molar-refractivity contribution in [2.45, 2.75) is 19.3 Å². The zero-order valence-corrected chi connectivity index (χ0v) is 8.83. The number of rotatable bonds is 2. The van der Waals surface area contributed by atoms with Crippen molar-refractivity contribution in [2.75, 3.05) is 5.73 Å². The number of aromatic nitrogens is 4. The Hall–Kier alpha value is -1.91. The van der Waals surface area contributed by atoms with Gasteiger partial charge in [-0.2, -0.15) is 4.98 Å². The Kier molecular flexibility index (Phi) is 1.96. The van der Waals surface area contributed by atoms with E-state index in [0.29, 0.717) is 17.3 Å². The number of nitrogens with zero attached hydrogens (tertiary/aromatic N) is 2. The standard InChI is InChI=1S/C10H13N5/c1-4-10(2,3)9-14-7(11)6-8(15-9)13-5-12-6/h4-5H,1H2,2-3H3,(H3,11,12,13,14,15)/p+1. The van der Waals surface area contributed by atoms with Crippen molar-refractivity contribution in [3.8, 4) is 0 Å². The minimum atomic E-state index is -0.284. The fourth-order valence-electron chi connectivity index (χ4n) is 1.28. The lowest BCUT2D eigenvalue weighted by atomic mass is 9.93. The molecule has 78 valence electrons. The Morgan fingerprint density at radius 1 is 1.53 bits per heavy atom. The summed E-state index contributed by atoms with van der Waals surface area (Å²) >= 11 is 0. The highest BCUT2D eigenvalue weighted by atomic mass is 15.1. The van der Waals surface area contributed by atoms with E-state index >= 15 is 0 Å². The number of nitrogens with one attached hydrogen (secondary N) is 2. The average molecular weight is 204 g/mol. The van der Waals surface area contributed by atoms with Gasteiger partial charge in [-0.1, -0.05) is 11.1 Å². The maximum Gasteiger partial charge on any atom is 0.305 e. The molecule has 0 unspecified atom stereocenters. The van der Waals surface area contributed by atoms with Crippen LogP contribution in [0.25, 0.3) is 11.2 Å². The zero-order valence-electron chi connectivity index (χ0n) is 8.83. The van der Waals surface area contributed by atoms with Gasteiger partial charge in [0.1, 0.15) is 0 Å². The quantitative estimate of drug-likeness (QED) is 0.710. The van der Waals surface area contributed by atoms with Crippen molar-refractivity contribution < 1.29 is 4.98 Å². The van der Waals surface area contributed by atoms with Crippen LogP contribution in [0.1, 0.15) is 19.7 Å². The fourth-order valence-corrected chi connectivity index (χ4v) is 1.28. The summed E-state index contributed by atoms with van der Waals surface area (Å²) < 4.78 is 0. The molecule has 0 saturated carbocycles. The van der Waals surface area contributed by atoms with Crippen LogP contribution in [0.2, 0.25) is 0 Å². The zero-order chi connectivity index (χ0) is 11.1. The monoisotopic (exact) mass is 204 g/mol. The van der Waals surface area contributed by atoms with Gasteiger partial charge in [0.05, 0.1) is 5.41 Å². The van der Waals surface area contributed by atoms with Gasteiger partial charge in [0, 0.05) is 0 Å². The van der Waals surface area contributed by atoms with E-state index in [0.717, 1.165) is 5.52 Å². The topological polar surface area (TPSA) is 81.7 Å². The predicted molar refractivity (Wildman–Crippen MR) is 58.1 cm³/mol. The van der Waals surface area contributed by atoms with Crippen LogP contribution < -0.4 is 10.7 Å². The van der Waals surface area contributed by atoms with Crippen LogP contribution in [0.4, 0.5) is 5.82 Å². The molecule has 5 nitrogen and oxygen atoms in total. The minimum absolute atomic E-state index is 0.284. The van der Waals surface area contributed by atoms with Gasteiger partial charge in [-0.05, 0) is 13.8 Å². The molecule has 4 N–H and O–H groups in total. The summed E-state index contributed by atoms with van der Waals surface area (Å²) in [5.41, 5.74) is 6.98. The van der Waals surface area contributed by atoms with E-state index in [-0.39, 0.29) is 5.41 Å². The van der Waals surface area contributed by atoms with E-state index < -0.39 is 0 Å². The Balaban J connectivity index is 2.68.